The van der Waals surface area contributed by atoms with Crippen LogP contribution in [-0.2, 0) is 0 Å². The van der Waals surface area contributed by atoms with Crippen molar-refractivity contribution < 1.29 is 0 Å². The number of hydrogen-bond acceptors (Lipinski definition) is 0. The van der Waals surface area contributed by atoms with E-state index >= 15 is 0 Å². The van der Waals surface area contributed by atoms with Gasteiger partial charge in [0, 0.05) is 0 Å². The molecule has 0 aromatic heterocycles. The lowest BCUT2D eigenvalue weighted by Gasteiger charge is -2.09. The largest absolute Gasteiger partial charge is 0.0950 e. The van der Waals surface area contributed by atoms with Gasteiger partial charge in [0.15, 0.2) is 0 Å². The first kappa shape index (κ1) is 14.5. The highest BCUT2D eigenvalue weighted by atomic mass is 28.3. The quantitative estimate of drug-likeness (QED) is 0.508. The molecule has 0 amide bonds. The van der Waals surface area contributed by atoms with Gasteiger partial charge in [-0.25, -0.2) is 0 Å². The molecule has 1 heteroatoms. The number of allylic oxidation sites excluding steroid dienone is 2. The number of hydrogen-bond donors (Lipinski definition) is 0. The highest BCUT2D eigenvalue weighted by Crippen LogP contribution is 2.23. The van der Waals surface area contributed by atoms with Crippen LogP contribution in [-0.4, -0.2) is 8.07 Å². The molecule has 0 saturated carbocycles. The minimum atomic E-state index is -1.15. The molecular weight excluding hydrogens is 256 g/mol. The second kappa shape index (κ2) is 6.53. The summed E-state index contributed by atoms with van der Waals surface area (Å²) in [5.41, 5.74) is 6.18. The van der Waals surface area contributed by atoms with Gasteiger partial charge in [-0.2, -0.15) is 0 Å². The summed E-state index contributed by atoms with van der Waals surface area (Å²) in [6.45, 7) is 7.05. The van der Waals surface area contributed by atoms with E-state index in [2.05, 4.69) is 98.2 Å². The van der Waals surface area contributed by atoms with E-state index in [1.54, 1.807) is 0 Å². The van der Waals surface area contributed by atoms with Crippen LogP contribution in [0, 0.1) is 0 Å². The monoisotopic (exact) mass is 278 g/mol. The van der Waals surface area contributed by atoms with Crippen LogP contribution in [0.5, 0.6) is 0 Å². The molecule has 0 aliphatic rings. The molecule has 2 aromatic carbocycles. The van der Waals surface area contributed by atoms with Crippen molar-refractivity contribution in [2.45, 2.75) is 19.6 Å². The molecule has 0 atom stereocenters. The molecule has 0 nitrogen and oxygen atoms in total. The van der Waals surface area contributed by atoms with Crippen LogP contribution < -0.4 is 0 Å². The van der Waals surface area contributed by atoms with Gasteiger partial charge in [-0.05, 0) is 16.7 Å². The summed E-state index contributed by atoms with van der Waals surface area (Å²) < 4.78 is 0. The first-order chi connectivity index (χ1) is 9.56. The van der Waals surface area contributed by atoms with Gasteiger partial charge >= 0.3 is 0 Å². The van der Waals surface area contributed by atoms with Crippen molar-refractivity contribution in [3.05, 3.63) is 89.6 Å². The minimum Gasteiger partial charge on any atom is -0.0950 e. The van der Waals surface area contributed by atoms with Gasteiger partial charge in [0.05, 0.1) is 8.07 Å². The maximum absolute atomic E-state index is 2.37. The predicted octanol–water partition coefficient (Wildman–Crippen LogP) is 5.55. The molecule has 0 N–H and O–H groups in total. The van der Waals surface area contributed by atoms with Gasteiger partial charge in [0.1, 0.15) is 0 Å². The van der Waals surface area contributed by atoms with Crippen molar-refractivity contribution in [2.24, 2.45) is 0 Å². The molecule has 0 saturated heterocycles. The SMILES string of the molecule is C[Si](C)(C)/C=C/C=C(c1ccccc1)c1ccccc1. The summed E-state index contributed by atoms with van der Waals surface area (Å²) in [6, 6.07) is 21.2. The van der Waals surface area contributed by atoms with Crippen molar-refractivity contribution in [2.75, 3.05) is 0 Å². The molecule has 2 aromatic rings. The molecule has 102 valence electrons. The summed E-state index contributed by atoms with van der Waals surface area (Å²) in [5, 5.41) is 0. The molecule has 0 bridgehead atoms. The van der Waals surface area contributed by atoms with Crippen molar-refractivity contribution in [1.82, 2.24) is 0 Å². The lowest BCUT2D eigenvalue weighted by molar-refractivity contribution is 1.55. The smallest absolute Gasteiger partial charge is 0.0687 e. The standard InChI is InChI=1S/C19H22Si/c1-20(2,3)16-10-15-19(17-11-6-4-7-12-17)18-13-8-5-9-14-18/h4-16H,1-3H3/b16-10+. The van der Waals surface area contributed by atoms with Crippen molar-refractivity contribution in [3.63, 3.8) is 0 Å². The van der Waals surface area contributed by atoms with Crippen LogP contribution in [0.2, 0.25) is 19.6 Å². The third-order valence-electron chi connectivity index (χ3n) is 3.03. The van der Waals surface area contributed by atoms with E-state index in [1.807, 2.05) is 0 Å². The molecule has 0 unspecified atom stereocenters. The molecule has 0 fully saturated rings. The van der Waals surface area contributed by atoms with Crippen molar-refractivity contribution in [3.8, 4) is 0 Å². The van der Waals surface area contributed by atoms with E-state index in [1.165, 1.54) is 16.7 Å². The van der Waals surface area contributed by atoms with Gasteiger partial charge in [-0.15, -0.1) is 0 Å². The first-order valence-corrected chi connectivity index (χ1v) is 10.6. The van der Waals surface area contributed by atoms with Crippen LogP contribution in [0.15, 0.2) is 78.5 Å². The Morgan fingerprint density at radius 2 is 1.20 bits per heavy atom. The summed E-state index contributed by atoms with van der Waals surface area (Å²) in [4.78, 5) is 0. The Balaban J connectivity index is 2.41. The Labute approximate surface area is 123 Å². The number of rotatable bonds is 4. The van der Waals surface area contributed by atoms with E-state index in [9.17, 15) is 0 Å². The second-order valence-corrected chi connectivity index (χ2v) is 11.1. The van der Waals surface area contributed by atoms with Gasteiger partial charge in [0.2, 0.25) is 0 Å². The Morgan fingerprint density at radius 1 is 0.750 bits per heavy atom. The van der Waals surface area contributed by atoms with Gasteiger partial charge < -0.3 is 0 Å². The minimum absolute atomic E-state index is 1.15. The lowest BCUT2D eigenvalue weighted by atomic mass is 9.98. The second-order valence-electron chi connectivity index (χ2n) is 6.04. The average molecular weight is 278 g/mol. The molecule has 0 spiro atoms. The van der Waals surface area contributed by atoms with Crippen molar-refractivity contribution in [1.29, 1.82) is 0 Å². The lowest BCUT2D eigenvalue weighted by Crippen LogP contribution is -2.15. The summed E-state index contributed by atoms with van der Waals surface area (Å²) >= 11 is 0. The van der Waals surface area contributed by atoms with Crippen LogP contribution in [0.25, 0.3) is 5.57 Å². The predicted molar refractivity (Wildman–Crippen MR) is 92.4 cm³/mol. The fourth-order valence-corrected chi connectivity index (χ4v) is 2.70. The third-order valence-corrected chi connectivity index (χ3v) is 4.22. The van der Waals surface area contributed by atoms with Gasteiger partial charge in [-0.1, -0.05) is 98.2 Å². The Kier molecular flexibility index (Phi) is 4.75. The fraction of sp³-hybridized carbons (Fsp3) is 0.158. The Bertz CT molecular complexity index is 545. The molecule has 0 radical (unpaired) electrons. The van der Waals surface area contributed by atoms with E-state index in [-0.39, 0.29) is 0 Å². The summed E-state index contributed by atoms with van der Waals surface area (Å²) in [5.74, 6) is 0. The molecule has 20 heavy (non-hydrogen) atoms. The number of benzene rings is 2. The Hall–Kier alpha value is -1.86. The van der Waals surface area contributed by atoms with E-state index in [0.717, 1.165) is 0 Å². The molecule has 0 heterocycles. The Morgan fingerprint density at radius 3 is 1.60 bits per heavy atom. The zero-order valence-electron chi connectivity index (χ0n) is 12.5. The molecular formula is C19H22Si. The summed E-state index contributed by atoms with van der Waals surface area (Å²) in [6.07, 6.45) is 4.46. The zero-order valence-corrected chi connectivity index (χ0v) is 13.5. The summed E-state index contributed by atoms with van der Waals surface area (Å²) in [7, 11) is -1.15. The maximum Gasteiger partial charge on any atom is 0.0687 e. The normalized spacial score (nSPS) is 11.6. The van der Waals surface area contributed by atoms with E-state index in [4.69, 9.17) is 0 Å². The van der Waals surface area contributed by atoms with Crippen LogP contribution in [0.1, 0.15) is 11.1 Å². The van der Waals surface area contributed by atoms with E-state index in [0.29, 0.717) is 0 Å². The van der Waals surface area contributed by atoms with Crippen molar-refractivity contribution >= 4 is 13.6 Å². The highest BCUT2D eigenvalue weighted by Gasteiger charge is 2.07. The van der Waals surface area contributed by atoms with Gasteiger partial charge in [0.25, 0.3) is 0 Å². The van der Waals surface area contributed by atoms with Gasteiger partial charge in [-0.3, -0.25) is 0 Å². The average Bonchev–Trinajstić information content (AvgIpc) is 2.44. The first-order valence-electron chi connectivity index (χ1n) is 7.07. The third kappa shape index (κ3) is 4.36. The van der Waals surface area contributed by atoms with E-state index < -0.39 is 8.07 Å². The maximum atomic E-state index is 2.37. The van der Waals surface area contributed by atoms with Crippen LogP contribution in [0.3, 0.4) is 0 Å². The topological polar surface area (TPSA) is 0 Å². The highest BCUT2D eigenvalue weighted by molar-refractivity contribution is 6.81. The van der Waals surface area contributed by atoms with Crippen LogP contribution >= 0.6 is 0 Å². The van der Waals surface area contributed by atoms with Crippen LogP contribution in [0.4, 0.5) is 0 Å². The molecule has 0 aliphatic carbocycles. The fourth-order valence-electron chi connectivity index (χ4n) is 2.03. The zero-order chi connectivity index (χ0) is 14.4. The molecule has 0 aliphatic heterocycles. The molecule has 2 rings (SSSR count).